The first-order chi connectivity index (χ1) is 8.77. The minimum Gasteiger partial charge on any atom is -0.449 e. The molecule has 0 aliphatic carbocycles. The first-order valence-electron chi connectivity index (χ1n) is 6.01. The van der Waals surface area contributed by atoms with Gasteiger partial charge in [0.15, 0.2) is 0 Å². The van der Waals surface area contributed by atoms with Crippen molar-refractivity contribution in [1.82, 2.24) is 0 Å². The highest BCUT2D eigenvalue weighted by molar-refractivity contribution is 6.98. The summed E-state index contributed by atoms with van der Waals surface area (Å²) in [6.07, 6.45) is 0. The number of hydrogen-bond donors (Lipinski definition) is 0. The fourth-order valence-corrected chi connectivity index (χ4v) is 7.82. The van der Waals surface area contributed by atoms with Crippen LogP contribution in [0.3, 0.4) is 0 Å². The molecule has 2 aromatic carbocycles. The van der Waals surface area contributed by atoms with Gasteiger partial charge in [-0.15, -0.1) is 0 Å². The van der Waals surface area contributed by atoms with Crippen molar-refractivity contribution in [1.29, 1.82) is 0 Å². The fraction of sp³-hybridized carbons (Fsp3) is 0.0769. The Morgan fingerprint density at radius 3 is 1.72 bits per heavy atom. The maximum absolute atomic E-state index is 6.24. The van der Waals surface area contributed by atoms with E-state index in [9.17, 15) is 0 Å². The van der Waals surface area contributed by atoms with E-state index in [1.54, 1.807) is 0 Å². The van der Waals surface area contributed by atoms with Gasteiger partial charge in [-0.3, -0.25) is 0 Å². The summed E-state index contributed by atoms with van der Waals surface area (Å²) in [4.78, 5) is 0. The van der Waals surface area contributed by atoms with Crippen LogP contribution >= 0.6 is 0 Å². The molecule has 2 nitrogen and oxygen atoms in total. The van der Waals surface area contributed by atoms with Crippen LogP contribution in [0.25, 0.3) is 0 Å². The molecule has 0 unspecified atom stereocenters. The Labute approximate surface area is 115 Å². The quantitative estimate of drug-likeness (QED) is 0.703. The van der Waals surface area contributed by atoms with E-state index in [0.717, 1.165) is 10.5 Å². The molecule has 0 fully saturated rings. The smallest absolute Gasteiger partial charge is 0.283 e. The Morgan fingerprint density at radius 1 is 0.889 bits per heavy atom. The molecule has 18 heavy (non-hydrogen) atoms. The Balaban J connectivity index is 2.41. The molecule has 0 aliphatic heterocycles. The lowest BCUT2D eigenvalue weighted by molar-refractivity contribution is 0.489. The summed E-state index contributed by atoms with van der Waals surface area (Å²) in [6, 6.07) is 21.1. The van der Waals surface area contributed by atoms with E-state index in [1.165, 1.54) is 10.4 Å². The van der Waals surface area contributed by atoms with Gasteiger partial charge in [-0.25, -0.2) is 0 Å². The molecule has 2 aromatic rings. The van der Waals surface area contributed by atoms with Crippen molar-refractivity contribution in [2.24, 2.45) is 0 Å². The Hall–Kier alpha value is -0.989. The summed E-state index contributed by atoms with van der Waals surface area (Å²) < 4.78 is 11.6. The Bertz CT molecular complexity index is 437. The third kappa shape index (κ3) is 2.88. The molecule has 0 heterocycles. The van der Waals surface area contributed by atoms with Crippen molar-refractivity contribution in [2.75, 3.05) is 0 Å². The topological polar surface area (TPSA) is 18.5 Å². The summed E-state index contributed by atoms with van der Waals surface area (Å²) in [5, 5.41) is 2.62. The Kier molecular flexibility index (Phi) is 4.67. The van der Waals surface area contributed by atoms with Crippen molar-refractivity contribution in [3.63, 3.8) is 0 Å². The molecule has 0 spiro atoms. The van der Waals surface area contributed by atoms with E-state index >= 15 is 0 Å². The second-order valence-electron chi connectivity index (χ2n) is 4.32. The van der Waals surface area contributed by atoms with Gasteiger partial charge in [-0.1, -0.05) is 60.7 Å². The molecule has 5 heteroatoms. The van der Waals surface area contributed by atoms with Crippen LogP contribution in [-0.2, 0) is 8.23 Å². The maximum Gasteiger partial charge on any atom is 0.283 e. The summed E-state index contributed by atoms with van der Waals surface area (Å²) in [6.45, 7) is 2.26. The molecule has 0 saturated heterocycles. The zero-order chi connectivity index (χ0) is 12.8. The van der Waals surface area contributed by atoms with Crippen LogP contribution < -0.4 is 10.4 Å². The predicted octanol–water partition coefficient (Wildman–Crippen LogP) is -0.312. The Morgan fingerprint density at radius 2 is 1.33 bits per heavy atom. The van der Waals surface area contributed by atoms with Crippen molar-refractivity contribution in [3.8, 4) is 0 Å². The van der Waals surface area contributed by atoms with Gasteiger partial charge in [-0.05, 0) is 16.9 Å². The highest BCUT2D eigenvalue weighted by Gasteiger charge is 2.33. The molecule has 0 saturated carbocycles. The van der Waals surface area contributed by atoms with Crippen molar-refractivity contribution in [2.45, 2.75) is 6.55 Å². The molecule has 0 atom stereocenters. The second-order valence-corrected chi connectivity index (χ2v) is 11.2. The van der Waals surface area contributed by atoms with Crippen molar-refractivity contribution in [3.05, 3.63) is 60.7 Å². The van der Waals surface area contributed by atoms with Gasteiger partial charge in [-0.2, -0.15) is 0 Å². The van der Waals surface area contributed by atoms with Crippen LogP contribution in [0, 0.1) is 0 Å². The third-order valence-electron chi connectivity index (χ3n) is 3.11. The average Bonchev–Trinajstić information content (AvgIpc) is 2.46. The molecule has 0 bridgehead atoms. The van der Waals surface area contributed by atoms with E-state index in [0.29, 0.717) is 0 Å². The highest BCUT2D eigenvalue weighted by atomic mass is 28.4. The number of hydrogen-bond acceptors (Lipinski definition) is 2. The van der Waals surface area contributed by atoms with Gasteiger partial charge >= 0.3 is 0 Å². The van der Waals surface area contributed by atoms with Gasteiger partial charge in [0.2, 0.25) is 8.32 Å². The molecule has 0 radical (unpaired) electrons. The third-order valence-corrected chi connectivity index (χ3v) is 9.71. The fourth-order valence-electron chi connectivity index (χ4n) is 2.02. The van der Waals surface area contributed by atoms with Gasteiger partial charge in [0.05, 0.1) is 0 Å². The predicted molar refractivity (Wildman–Crippen MR) is 84.4 cm³/mol. The maximum atomic E-state index is 6.24. The molecule has 0 N–H and O–H groups in total. The van der Waals surface area contributed by atoms with E-state index in [-0.39, 0.29) is 0 Å². The summed E-state index contributed by atoms with van der Waals surface area (Å²) in [5.41, 5.74) is 0. The largest absolute Gasteiger partial charge is 0.449 e. The van der Waals surface area contributed by atoms with E-state index in [1.807, 2.05) is 12.1 Å². The van der Waals surface area contributed by atoms with Gasteiger partial charge in [0.1, 0.15) is 10.5 Å². The van der Waals surface area contributed by atoms with E-state index in [4.69, 9.17) is 8.23 Å². The molecule has 2 rings (SSSR count). The average molecular weight is 291 g/mol. The molecular formula is C13H18O2Si3. The lowest BCUT2D eigenvalue weighted by atomic mass is 10.4. The standard InChI is InChI=1S/C13H18O2Si3/c1-18(15-17-14-16,12-8-4-2-5-9-12)13-10-6-3-7-11-13/h2-11H,17H2,1,16H3. The SMILES string of the molecule is C[Si](O[SiH2]O[SiH3])(c1ccccc1)c1ccccc1. The van der Waals surface area contributed by atoms with Gasteiger partial charge in [0.25, 0.3) is 10.0 Å². The molecule has 0 amide bonds. The zero-order valence-corrected chi connectivity index (χ0v) is 15.2. The molecule has 0 aliphatic rings. The lowest BCUT2D eigenvalue weighted by Crippen LogP contribution is -2.59. The number of rotatable bonds is 5. The minimum atomic E-state index is -2.06. The van der Waals surface area contributed by atoms with Crippen LogP contribution in [0.2, 0.25) is 6.55 Å². The monoisotopic (exact) mass is 290 g/mol. The summed E-state index contributed by atoms with van der Waals surface area (Å²) in [7, 11) is -2.14. The van der Waals surface area contributed by atoms with Crippen LogP contribution in [-0.4, -0.2) is 28.8 Å². The van der Waals surface area contributed by atoms with Gasteiger partial charge in [0, 0.05) is 0 Å². The second kappa shape index (κ2) is 6.26. The van der Waals surface area contributed by atoms with E-state index in [2.05, 4.69) is 55.1 Å². The van der Waals surface area contributed by atoms with Crippen molar-refractivity contribution < 1.29 is 8.23 Å². The normalized spacial score (nSPS) is 12.3. The van der Waals surface area contributed by atoms with Crippen molar-refractivity contribution >= 4 is 39.2 Å². The summed E-state index contributed by atoms with van der Waals surface area (Å²) >= 11 is 0. The van der Waals surface area contributed by atoms with Crippen LogP contribution in [0.5, 0.6) is 0 Å². The highest BCUT2D eigenvalue weighted by Crippen LogP contribution is 2.06. The van der Waals surface area contributed by atoms with E-state index < -0.39 is 18.3 Å². The molecule has 94 valence electrons. The van der Waals surface area contributed by atoms with Crippen LogP contribution in [0.1, 0.15) is 0 Å². The minimum absolute atomic E-state index is 0.766. The van der Waals surface area contributed by atoms with Crippen LogP contribution in [0.4, 0.5) is 0 Å². The summed E-state index contributed by atoms with van der Waals surface area (Å²) in [5.74, 6) is 0. The number of benzene rings is 2. The molecular weight excluding hydrogens is 272 g/mol. The van der Waals surface area contributed by atoms with Crippen LogP contribution in [0.15, 0.2) is 60.7 Å². The molecule has 0 aromatic heterocycles. The first-order valence-corrected chi connectivity index (χ1v) is 10.4. The van der Waals surface area contributed by atoms with Gasteiger partial charge < -0.3 is 8.23 Å². The zero-order valence-electron chi connectivity index (χ0n) is 10.8. The lowest BCUT2D eigenvalue weighted by Gasteiger charge is -2.28. The first kappa shape index (κ1) is 13.4.